The van der Waals surface area contributed by atoms with Gasteiger partial charge in [0.2, 0.25) is 11.4 Å². The normalized spacial score (nSPS) is 12.4. The molecular formula is C26H31N2O+. The van der Waals surface area contributed by atoms with E-state index in [9.17, 15) is 0 Å². The lowest BCUT2D eigenvalue weighted by Crippen LogP contribution is -2.32. The Labute approximate surface area is 173 Å². The Morgan fingerprint density at radius 3 is 2.38 bits per heavy atom. The number of aromatic nitrogens is 2. The Balaban J connectivity index is 1.91. The first-order chi connectivity index (χ1) is 13.6. The number of pyridine rings is 2. The summed E-state index contributed by atoms with van der Waals surface area (Å²) in [7, 11) is 2.12. The molecule has 0 amide bonds. The van der Waals surface area contributed by atoms with Crippen molar-refractivity contribution in [2.24, 2.45) is 12.5 Å². The van der Waals surface area contributed by atoms with Gasteiger partial charge in [-0.15, -0.1) is 0 Å². The van der Waals surface area contributed by atoms with Gasteiger partial charge in [-0.2, -0.15) is 0 Å². The van der Waals surface area contributed by atoms with E-state index in [-0.39, 0.29) is 5.41 Å². The van der Waals surface area contributed by atoms with E-state index in [2.05, 4.69) is 95.8 Å². The van der Waals surface area contributed by atoms with Crippen LogP contribution in [0.2, 0.25) is 0 Å². The lowest BCUT2D eigenvalue weighted by Gasteiger charge is -2.17. The first-order valence-corrected chi connectivity index (χ1v) is 10.5. The standard InChI is InChI=1S/C26H31N2O/c1-16(2)21-12-11-20-19-10-8-17(3)23(24(19)29-25(20)27-21)22-13-9-18(15-28(22)7)14-26(4,5)6/h8-13,15-16H,14H2,1-7H3/q+1. The summed E-state index contributed by atoms with van der Waals surface area (Å²) in [6, 6.07) is 13.1. The van der Waals surface area contributed by atoms with Gasteiger partial charge in [0, 0.05) is 28.1 Å². The third-order valence-electron chi connectivity index (χ3n) is 5.51. The van der Waals surface area contributed by atoms with E-state index in [4.69, 9.17) is 9.40 Å². The van der Waals surface area contributed by atoms with Crippen molar-refractivity contribution >= 4 is 22.1 Å². The van der Waals surface area contributed by atoms with Crippen LogP contribution in [-0.2, 0) is 13.5 Å². The Morgan fingerprint density at radius 1 is 1.00 bits per heavy atom. The molecule has 150 valence electrons. The summed E-state index contributed by atoms with van der Waals surface area (Å²) >= 11 is 0. The average Bonchev–Trinajstić information content (AvgIpc) is 2.99. The highest BCUT2D eigenvalue weighted by Crippen LogP contribution is 2.36. The molecule has 0 bridgehead atoms. The fourth-order valence-electron chi connectivity index (χ4n) is 4.11. The first-order valence-electron chi connectivity index (χ1n) is 10.5. The van der Waals surface area contributed by atoms with Gasteiger partial charge in [-0.1, -0.05) is 46.8 Å². The number of nitrogens with zero attached hydrogens (tertiary/aromatic N) is 2. The molecule has 3 nitrogen and oxygen atoms in total. The summed E-state index contributed by atoms with van der Waals surface area (Å²) in [6.45, 7) is 13.3. The molecule has 0 atom stereocenters. The molecular weight excluding hydrogens is 356 g/mol. The van der Waals surface area contributed by atoms with E-state index in [0.29, 0.717) is 5.92 Å². The highest BCUT2D eigenvalue weighted by atomic mass is 16.3. The Hall–Kier alpha value is -2.68. The summed E-state index contributed by atoms with van der Waals surface area (Å²) in [5, 5.41) is 2.21. The summed E-state index contributed by atoms with van der Waals surface area (Å²) < 4.78 is 8.58. The molecule has 0 saturated carbocycles. The number of benzene rings is 1. The van der Waals surface area contributed by atoms with Crippen LogP contribution in [-0.4, -0.2) is 4.98 Å². The maximum Gasteiger partial charge on any atom is 0.227 e. The summed E-state index contributed by atoms with van der Waals surface area (Å²) in [4.78, 5) is 4.78. The first kappa shape index (κ1) is 19.6. The average molecular weight is 388 g/mol. The van der Waals surface area contributed by atoms with Crippen molar-refractivity contribution in [3.8, 4) is 11.3 Å². The van der Waals surface area contributed by atoms with Crippen LogP contribution in [0.3, 0.4) is 0 Å². The number of fused-ring (bicyclic) bond motifs is 3. The minimum Gasteiger partial charge on any atom is -0.437 e. The van der Waals surface area contributed by atoms with Crippen molar-refractivity contribution in [1.82, 2.24) is 4.98 Å². The third-order valence-corrected chi connectivity index (χ3v) is 5.51. The zero-order valence-electron chi connectivity index (χ0n) is 18.6. The molecule has 4 rings (SSSR count). The van der Waals surface area contributed by atoms with Crippen LogP contribution >= 0.6 is 0 Å². The summed E-state index contributed by atoms with van der Waals surface area (Å²) in [5.74, 6) is 0.377. The van der Waals surface area contributed by atoms with Crippen LogP contribution in [0.15, 0.2) is 47.0 Å². The number of hydrogen-bond donors (Lipinski definition) is 0. The van der Waals surface area contributed by atoms with Crippen LogP contribution in [0.25, 0.3) is 33.3 Å². The number of hydrogen-bond acceptors (Lipinski definition) is 2. The summed E-state index contributed by atoms with van der Waals surface area (Å²) in [5.41, 5.74) is 7.85. The maximum atomic E-state index is 6.35. The van der Waals surface area contributed by atoms with Crippen molar-refractivity contribution < 1.29 is 8.98 Å². The minimum absolute atomic E-state index is 0.267. The van der Waals surface area contributed by atoms with Gasteiger partial charge in [0.25, 0.3) is 0 Å². The maximum absolute atomic E-state index is 6.35. The summed E-state index contributed by atoms with van der Waals surface area (Å²) in [6.07, 6.45) is 3.30. The molecule has 0 aliphatic heterocycles. The van der Waals surface area contributed by atoms with Crippen molar-refractivity contribution in [1.29, 1.82) is 0 Å². The second-order valence-corrected chi connectivity index (χ2v) is 9.75. The second-order valence-electron chi connectivity index (χ2n) is 9.75. The van der Waals surface area contributed by atoms with Gasteiger partial charge in [0.15, 0.2) is 11.8 Å². The van der Waals surface area contributed by atoms with Gasteiger partial charge in [-0.05, 0) is 48.4 Å². The second kappa shape index (κ2) is 6.98. The highest BCUT2D eigenvalue weighted by molar-refractivity contribution is 6.08. The van der Waals surface area contributed by atoms with E-state index in [0.717, 1.165) is 45.4 Å². The molecule has 0 saturated heterocycles. The molecule has 0 spiro atoms. The SMILES string of the molecule is Cc1ccc2c(oc3nc(C(C)C)ccc32)c1-c1ccc(CC(C)(C)C)c[n+]1C. The van der Waals surface area contributed by atoms with E-state index >= 15 is 0 Å². The molecule has 3 aromatic heterocycles. The highest BCUT2D eigenvalue weighted by Gasteiger charge is 2.22. The molecule has 0 N–H and O–H groups in total. The predicted molar refractivity (Wildman–Crippen MR) is 120 cm³/mol. The Morgan fingerprint density at radius 2 is 1.72 bits per heavy atom. The van der Waals surface area contributed by atoms with E-state index in [1.165, 1.54) is 11.1 Å². The molecule has 0 unspecified atom stereocenters. The fraction of sp³-hybridized carbons (Fsp3) is 0.385. The van der Waals surface area contributed by atoms with Crippen LogP contribution < -0.4 is 4.57 Å². The van der Waals surface area contributed by atoms with E-state index < -0.39 is 0 Å². The number of rotatable bonds is 3. The molecule has 3 heteroatoms. The monoisotopic (exact) mass is 387 g/mol. The van der Waals surface area contributed by atoms with Gasteiger partial charge >= 0.3 is 0 Å². The zero-order chi connectivity index (χ0) is 20.9. The molecule has 0 aliphatic rings. The topological polar surface area (TPSA) is 29.9 Å². The molecule has 4 aromatic rings. The van der Waals surface area contributed by atoms with Crippen LogP contribution in [0, 0.1) is 12.3 Å². The molecule has 0 radical (unpaired) electrons. The van der Waals surface area contributed by atoms with Crippen molar-refractivity contribution in [3.05, 3.63) is 59.4 Å². The van der Waals surface area contributed by atoms with Gasteiger partial charge in [0.1, 0.15) is 7.05 Å². The fourth-order valence-corrected chi connectivity index (χ4v) is 4.11. The van der Waals surface area contributed by atoms with Gasteiger partial charge in [0.05, 0.1) is 5.56 Å². The predicted octanol–water partition coefficient (Wildman–Crippen LogP) is 6.49. The largest absolute Gasteiger partial charge is 0.437 e. The van der Waals surface area contributed by atoms with Crippen LogP contribution in [0.1, 0.15) is 57.4 Å². The van der Waals surface area contributed by atoms with Gasteiger partial charge in [-0.3, -0.25) is 0 Å². The van der Waals surface area contributed by atoms with Crippen molar-refractivity contribution in [3.63, 3.8) is 0 Å². The third kappa shape index (κ3) is 3.66. The number of aryl methyl sites for hydroxylation is 2. The molecule has 29 heavy (non-hydrogen) atoms. The van der Waals surface area contributed by atoms with Crippen molar-refractivity contribution in [2.45, 2.75) is 53.9 Å². The van der Waals surface area contributed by atoms with Crippen LogP contribution in [0.5, 0.6) is 0 Å². The smallest absolute Gasteiger partial charge is 0.227 e. The number of furan rings is 1. The minimum atomic E-state index is 0.267. The molecule has 3 heterocycles. The van der Waals surface area contributed by atoms with Gasteiger partial charge < -0.3 is 4.42 Å². The Kier molecular flexibility index (Phi) is 4.72. The Bertz CT molecular complexity index is 1210. The molecule has 1 aromatic carbocycles. The van der Waals surface area contributed by atoms with E-state index in [1.54, 1.807) is 0 Å². The van der Waals surface area contributed by atoms with Crippen molar-refractivity contribution in [2.75, 3.05) is 0 Å². The van der Waals surface area contributed by atoms with Gasteiger partial charge in [-0.25, -0.2) is 9.55 Å². The lowest BCUT2D eigenvalue weighted by atomic mass is 9.88. The molecule has 0 aliphatic carbocycles. The van der Waals surface area contributed by atoms with Crippen LogP contribution in [0.4, 0.5) is 0 Å². The quantitative estimate of drug-likeness (QED) is 0.376. The lowest BCUT2D eigenvalue weighted by molar-refractivity contribution is -0.660. The van der Waals surface area contributed by atoms with E-state index in [1.807, 2.05) is 0 Å². The zero-order valence-corrected chi connectivity index (χ0v) is 18.6. The molecule has 0 fully saturated rings.